The molecule has 0 aromatic heterocycles. The molecule has 2 atom stereocenters. The lowest BCUT2D eigenvalue weighted by molar-refractivity contribution is -0.160. The average Bonchev–Trinajstić information content (AvgIpc) is 3.02. The van der Waals surface area contributed by atoms with Crippen LogP contribution in [0, 0.1) is 0 Å². The van der Waals surface area contributed by atoms with Gasteiger partial charge < -0.3 is 14.2 Å². The van der Waals surface area contributed by atoms with Crippen molar-refractivity contribution in [3.8, 4) is 23.0 Å². The van der Waals surface area contributed by atoms with Crippen LogP contribution < -0.4 is 9.47 Å². The molecule has 0 spiro atoms. The van der Waals surface area contributed by atoms with Gasteiger partial charge in [0.15, 0.2) is 0 Å². The van der Waals surface area contributed by atoms with Gasteiger partial charge in [0, 0.05) is 22.3 Å². The maximum atomic E-state index is 14.2. The van der Waals surface area contributed by atoms with E-state index >= 15 is 0 Å². The van der Waals surface area contributed by atoms with Crippen molar-refractivity contribution in [2.24, 2.45) is 0 Å². The minimum absolute atomic E-state index is 0.567. The third-order valence-electron chi connectivity index (χ3n) is 8.01. The van der Waals surface area contributed by atoms with Crippen LogP contribution >= 0.6 is 0 Å². The molecule has 5 nitrogen and oxygen atoms in total. The second-order valence-corrected chi connectivity index (χ2v) is 10.3. The van der Waals surface area contributed by atoms with Crippen LogP contribution in [0.25, 0.3) is 21.5 Å². The summed E-state index contributed by atoms with van der Waals surface area (Å²) in [5, 5.41) is 3.69. The summed E-state index contributed by atoms with van der Waals surface area (Å²) in [6.45, 7) is 0. The highest BCUT2D eigenvalue weighted by Gasteiger charge is 2.40. The lowest BCUT2D eigenvalue weighted by Crippen LogP contribution is -2.28. The topological polar surface area (TPSA) is 61.8 Å². The Labute approximate surface area is 235 Å². The van der Waals surface area contributed by atoms with E-state index in [9.17, 15) is 9.59 Å². The molecule has 0 amide bonds. The fourth-order valence-corrected chi connectivity index (χ4v) is 6.20. The molecule has 2 unspecified atom stereocenters. The van der Waals surface area contributed by atoms with Gasteiger partial charge in [0.1, 0.15) is 34.8 Å². The van der Waals surface area contributed by atoms with Gasteiger partial charge in [-0.25, -0.2) is 0 Å². The number of esters is 2. The first-order chi connectivity index (χ1) is 20.2. The molecule has 6 aromatic rings. The predicted octanol–water partition coefficient (Wildman–Crippen LogP) is 8.24. The number of hydrogen-bond acceptors (Lipinski definition) is 5. The van der Waals surface area contributed by atoms with Crippen molar-refractivity contribution >= 4 is 33.5 Å². The van der Waals surface area contributed by atoms with E-state index in [2.05, 4.69) is 0 Å². The summed E-state index contributed by atoms with van der Waals surface area (Å²) >= 11 is 0. The molecule has 0 fully saturated rings. The molecule has 0 aliphatic carbocycles. The molecule has 8 rings (SSSR count). The molecule has 5 heteroatoms. The van der Waals surface area contributed by atoms with E-state index in [4.69, 9.17) is 14.2 Å². The minimum Gasteiger partial charge on any atom is -0.457 e. The van der Waals surface area contributed by atoms with Crippen LogP contribution in [0.2, 0.25) is 0 Å². The van der Waals surface area contributed by atoms with Crippen LogP contribution in [0.1, 0.15) is 34.1 Å². The van der Waals surface area contributed by atoms with E-state index in [0.29, 0.717) is 45.3 Å². The molecule has 0 bridgehead atoms. The summed E-state index contributed by atoms with van der Waals surface area (Å²) in [6.07, 6.45) is 0. The Bertz CT molecular complexity index is 1900. The van der Waals surface area contributed by atoms with Gasteiger partial charge in [0.25, 0.3) is 0 Å². The Morgan fingerprint density at radius 2 is 0.878 bits per heavy atom. The minimum atomic E-state index is -0.841. The van der Waals surface area contributed by atoms with Crippen molar-refractivity contribution in [1.82, 2.24) is 0 Å². The van der Waals surface area contributed by atoms with Crippen molar-refractivity contribution in [3.63, 3.8) is 0 Å². The number of carbonyl (C=O) groups excluding carboxylic acids is 2. The summed E-state index contributed by atoms with van der Waals surface area (Å²) in [4.78, 5) is 28.4. The molecule has 2 aliphatic heterocycles. The maximum absolute atomic E-state index is 14.2. The van der Waals surface area contributed by atoms with Crippen LogP contribution in [0.4, 0.5) is 0 Å². The lowest BCUT2D eigenvalue weighted by Gasteiger charge is -2.30. The summed E-state index contributed by atoms with van der Waals surface area (Å²) in [5.41, 5.74) is 2.70. The normalized spacial score (nSPS) is 16.4. The smallest absolute Gasteiger partial charge is 0.325 e. The molecular weight excluding hydrogens is 512 g/mol. The fourth-order valence-electron chi connectivity index (χ4n) is 6.20. The van der Waals surface area contributed by atoms with Gasteiger partial charge in [-0.1, -0.05) is 97.1 Å². The predicted molar refractivity (Wildman–Crippen MR) is 156 cm³/mol. The Balaban J connectivity index is 1.26. The molecule has 6 aromatic carbocycles. The van der Waals surface area contributed by atoms with Gasteiger partial charge in [0.05, 0.1) is 0 Å². The van der Waals surface area contributed by atoms with Crippen molar-refractivity contribution in [2.45, 2.75) is 11.8 Å². The number of carbonyl (C=O) groups is 2. The maximum Gasteiger partial charge on any atom is 0.325 e. The first kappa shape index (κ1) is 23.5. The highest BCUT2D eigenvalue weighted by Crippen LogP contribution is 2.50. The van der Waals surface area contributed by atoms with Crippen LogP contribution in [-0.2, 0) is 14.3 Å². The van der Waals surface area contributed by atoms with Crippen LogP contribution in [0.5, 0.6) is 23.0 Å². The van der Waals surface area contributed by atoms with E-state index in [0.717, 1.165) is 21.5 Å². The Morgan fingerprint density at radius 1 is 0.463 bits per heavy atom. The fraction of sp³-hybridized carbons (Fsp3) is 0.0556. The first-order valence-corrected chi connectivity index (χ1v) is 13.5. The Morgan fingerprint density at radius 3 is 1.37 bits per heavy atom. The summed E-state index contributed by atoms with van der Waals surface area (Å²) < 4.78 is 18.3. The zero-order valence-corrected chi connectivity index (χ0v) is 21.7. The molecular formula is C36H22O5. The van der Waals surface area contributed by atoms with Crippen molar-refractivity contribution < 1.29 is 23.8 Å². The van der Waals surface area contributed by atoms with Gasteiger partial charge in [-0.15, -0.1) is 0 Å². The van der Waals surface area contributed by atoms with E-state index in [1.807, 2.05) is 121 Å². The number of fused-ring (bicyclic) bond motifs is 8. The number of para-hydroxylation sites is 2. The van der Waals surface area contributed by atoms with E-state index in [1.54, 1.807) is 0 Å². The molecule has 0 saturated heterocycles. The summed E-state index contributed by atoms with van der Waals surface area (Å²) in [7, 11) is 0. The first-order valence-electron chi connectivity index (χ1n) is 13.5. The zero-order chi connectivity index (χ0) is 27.5. The Kier molecular flexibility index (Phi) is 5.19. The standard InChI is InChI=1S/C36H22O5/c37-35(33-25-13-5-7-15-27(25)39-29-19-17-21-9-1-3-11-23(21)31(29)33)41-36(38)34-26-14-6-8-16-28(26)40-30-20-18-22-10-2-4-12-24(22)32(30)34/h1-20,33-34H. The third-order valence-corrected chi connectivity index (χ3v) is 8.01. The van der Waals surface area contributed by atoms with Gasteiger partial charge in [-0.05, 0) is 45.8 Å². The van der Waals surface area contributed by atoms with Crippen molar-refractivity contribution in [3.05, 3.63) is 144 Å². The molecule has 0 saturated carbocycles. The van der Waals surface area contributed by atoms with Crippen molar-refractivity contribution in [2.75, 3.05) is 0 Å². The second-order valence-electron chi connectivity index (χ2n) is 10.3. The van der Waals surface area contributed by atoms with E-state index in [1.165, 1.54) is 0 Å². The monoisotopic (exact) mass is 534 g/mol. The molecule has 2 heterocycles. The number of rotatable bonds is 2. The number of hydrogen-bond donors (Lipinski definition) is 0. The zero-order valence-electron chi connectivity index (χ0n) is 21.7. The largest absolute Gasteiger partial charge is 0.457 e. The summed E-state index contributed by atoms with van der Waals surface area (Å²) in [6, 6.07) is 38.1. The molecule has 0 radical (unpaired) electrons. The number of benzene rings is 6. The van der Waals surface area contributed by atoms with E-state index in [-0.39, 0.29) is 0 Å². The van der Waals surface area contributed by atoms with Gasteiger partial charge in [-0.3, -0.25) is 9.59 Å². The molecule has 0 N–H and O–H groups in total. The van der Waals surface area contributed by atoms with Crippen LogP contribution in [0.3, 0.4) is 0 Å². The Hall–Kier alpha value is -5.42. The lowest BCUT2D eigenvalue weighted by atomic mass is 9.84. The molecule has 196 valence electrons. The summed E-state index contributed by atoms with van der Waals surface area (Å²) in [5.74, 6) is -0.689. The second kappa shape index (κ2) is 9.07. The van der Waals surface area contributed by atoms with Crippen molar-refractivity contribution in [1.29, 1.82) is 0 Å². The average molecular weight is 535 g/mol. The molecule has 41 heavy (non-hydrogen) atoms. The SMILES string of the molecule is O=C(OC(=O)C1c2ccccc2Oc2ccc3ccccc3c21)C1c2ccccc2Oc2ccc3ccccc3c21. The highest BCUT2D eigenvalue weighted by molar-refractivity contribution is 6.03. The van der Waals surface area contributed by atoms with Crippen LogP contribution in [-0.4, -0.2) is 11.9 Å². The van der Waals surface area contributed by atoms with Crippen LogP contribution in [0.15, 0.2) is 121 Å². The van der Waals surface area contributed by atoms with Gasteiger partial charge in [0.2, 0.25) is 0 Å². The number of ether oxygens (including phenoxy) is 3. The van der Waals surface area contributed by atoms with Gasteiger partial charge >= 0.3 is 11.9 Å². The highest BCUT2D eigenvalue weighted by atomic mass is 16.6. The third kappa shape index (κ3) is 3.63. The molecule has 2 aliphatic rings. The quantitative estimate of drug-likeness (QED) is 0.165. The van der Waals surface area contributed by atoms with E-state index < -0.39 is 23.8 Å². The van der Waals surface area contributed by atoms with Gasteiger partial charge in [-0.2, -0.15) is 0 Å².